The van der Waals surface area contributed by atoms with Crippen LogP contribution in [0.15, 0.2) is 18.2 Å². The quantitative estimate of drug-likeness (QED) is 0.731. The Kier molecular flexibility index (Phi) is 6.05. The minimum atomic E-state index is -0.958. The molecule has 0 saturated carbocycles. The van der Waals surface area contributed by atoms with Crippen LogP contribution in [0.3, 0.4) is 0 Å². The van der Waals surface area contributed by atoms with Crippen LogP contribution in [0, 0.1) is 6.92 Å². The molecule has 0 aromatic heterocycles. The first-order chi connectivity index (χ1) is 9.43. The number of carboxylic acids is 1. The molecule has 0 fully saturated rings. The second-order valence-electron chi connectivity index (χ2n) is 4.04. The van der Waals surface area contributed by atoms with Crippen LogP contribution in [0.5, 0.6) is 0 Å². The van der Waals surface area contributed by atoms with Gasteiger partial charge in [-0.25, -0.2) is 0 Å². The molecule has 1 rings (SSSR count). The summed E-state index contributed by atoms with van der Waals surface area (Å²) in [5.41, 5.74) is 1.83. The van der Waals surface area contributed by atoms with Gasteiger partial charge in [0.2, 0.25) is 5.91 Å². The number of rotatable bonds is 6. The number of aliphatic carboxylic acids is 1. The number of thioether (sulfide) groups is 1. The van der Waals surface area contributed by atoms with Gasteiger partial charge in [0, 0.05) is 18.3 Å². The summed E-state index contributed by atoms with van der Waals surface area (Å²) in [6.45, 7) is 1.81. The highest BCUT2D eigenvalue weighted by molar-refractivity contribution is 8.00. The predicted molar refractivity (Wildman–Crippen MR) is 78.2 cm³/mol. The summed E-state index contributed by atoms with van der Waals surface area (Å²) in [5, 5.41) is 13.7. The number of anilines is 1. The lowest BCUT2D eigenvalue weighted by Gasteiger charge is -2.10. The Labute approximate surface area is 120 Å². The maximum absolute atomic E-state index is 11.7. The standard InChI is InChI=1S/C13H16N2O4S/c1-8-3-4-9(13(19)14-2)5-10(8)15-11(16)6-20-7-12(17)18/h3-5H,6-7H2,1-2H3,(H,14,19)(H,15,16)(H,17,18). The Balaban J connectivity index is 2.68. The Morgan fingerprint density at radius 1 is 1.25 bits per heavy atom. The van der Waals surface area contributed by atoms with E-state index in [0.29, 0.717) is 11.3 Å². The van der Waals surface area contributed by atoms with E-state index >= 15 is 0 Å². The van der Waals surface area contributed by atoms with Crippen molar-refractivity contribution in [3.05, 3.63) is 29.3 Å². The lowest BCUT2D eigenvalue weighted by Crippen LogP contribution is -2.19. The summed E-state index contributed by atoms with van der Waals surface area (Å²) < 4.78 is 0. The summed E-state index contributed by atoms with van der Waals surface area (Å²) >= 11 is 1.02. The van der Waals surface area contributed by atoms with E-state index in [-0.39, 0.29) is 23.3 Å². The number of aryl methyl sites for hydroxylation is 1. The molecule has 1 aromatic rings. The lowest BCUT2D eigenvalue weighted by molar-refractivity contribution is -0.133. The average Bonchev–Trinajstić information content (AvgIpc) is 2.40. The largest absolute Gasteiger partial charge is 0.481 e. The second kappa shape index (κ2) is 7.54. The van der Waals surface area contributed by atoms with Crippen molar-refractivity contribution in [1.29, 1.82) is 0 Å². The van der Waals surface area contributed by atoms with Crippen LogP contribution in [-0.4, -0.2) is 41.4 Å². The molecule has 0 aliphatic carbocycles. The van der Waals surface area contributed by atoms with E-state index in [0.717, 1.165) is 17.3 Å². The fourth-order valence-corrected chi connectivity index (χ4v) is 1.99. The number of hydrogen-bond acceptors (Lipinski definition) is 4. The molecule has 7 heteroatoms. The molecule has 2 amide bonds. The van der Waals surface area contributed by atoms with Gasteiger partial charge in [-0.3, -0.25) is 14.4 Å². The zero-order chi connectivity index (χ0) is 15.1. The topological polar surface area (TPSA) is 95.5 Å². The van der Waals surface area contributed by atoms with Crippen LogP contribution < -0.4 is 10.6 Å². The van der Waals surface area contributed by atoms with Gasteiger partial charge >= 0.3 is 5.97 Å². The normalized spacial score (nSPS) is 9.90. The molecule has 0 unspecified atom stereocenters. The van der Waals surface area contributed by atoms with E-state index in [2.05, 4.69) is 10.6 Å². The molecular weight excluding hydrogens is 280 g/mol. The van der Waals surface area contributed by atoms with Gasteiger partial charge in [0.1, 0.15) is 0 Å². The maximum atomic E-state index is 11.7. The number of carbonyl (C=O) groups excluding carboxylic acids is 2. The van der Waals surface area contributed by atoms with Gasteiger partial charge in [0.15, 0.2) is 0 Å². The summed E-state index contributed by atoms with van der Waals surface area (Å²) in [6, 6.07) is 5.00. The van der Waals surface area contributed by atoms with E-state index in [9.17, 15) is 14.4 Å². The molecule has 1 aromatic carbocycles. The van der Waals surface area contributed by atoms with Crippen molar-refractivity contribution in [3.63, 3.8) is 0 Å². The van der Waals surface area contributed by atoms with Crippen molar-refractivity contribution in [3.8, 4) is 0 Å². The van der Waals surface area contributed by atoms with Crippen molar-refractivity contribution >= 4 is 35.2 Å². The average molecular weight is 296 g/mol. The molecule has 0 spiro atoms. The van der Waals surface area contributed by atoms with Crippen molar-refractivity contribution in [1.82, 2.24) is 5.32 Å². The Morgan fingerprint density at radius 2 is 1.95 bits per heavy atom. The summed E-state index contributed by atoms with van der Waals surface area (Å²) in [6.07, 6.45) is 0. The molecule has 108 valence electrons. The van der Waals surface area contributed by atoms with Crippen LogP contribution in [0.4, 0.5) is 5.69 Å². The highest BCUT2D eigenvalue weighted by atomic mass is 32.2. The van der Waals surface area contributed by atoms with Crippen molar-refractivity contribution in [2.45, 2.75) is 6.92 Å². The van der Waals surface area contributed by atoms with Gasteiger partial charge in [-0.05, 0) is 24.6 Å². The van der Waals surface area contributed by atoms with Crippen molar-refractivity contribution < 1.29 is 19.5 Å². The maximum Gasteiger partial charge on any atom is 0.313 e. The van der Waals surface area contributed by atoms with Gasteiger partial charge in [0.05, 0.1) is 11.5 Å². The zero-order valence-corrected chi connectivity index (χ0v) is 12.0. The number of carboxylic acid groups (broad SMARTS) is 1. The third-order valence-corrected chi connectivity index (χ3v) is 3.38. The predicted octanol–water partition coefficient (Wildman–Crippen LogP) is 1.11. The smallest absolute Gasteiger partial charge is 0.313 e. The number of amides is 2. The first-order valence-electron chi connectivity index (χ1n) is 5.86. The number of hydrogen-bond donors (Lipinski definition) is 3. The Bertz CT molecular complexity index is 531. The second-order valence-corrected chi connectivity index (χ2v) is 5.03. The van der Waals surface area contributed by atoms with Crippen molar-refractivity contribution in [2.75, 3.05) is 23.9 Å². The van der Waals surface area contributed by atoms with E-state index < -0.39 is 5.97 Å². The van der Waals surface area contributed by atoms with Gasteiger partial charge in [-0.15, -0.1) is 11.8 Å². The fourth-order valence-electron chi connectivity index (χ4n) is 1.46. The molecule has 3 N–H and O–H groups in total. The third kappa shape index (κ3) is 4.93. The monoisotopic (exact) mass is 296 g/mol. The minimum Gasteiger partial charge on any atom is -0.481 e. The third-order valence-electron chi connectivity index (χ3n) is 2.46. The van der Waals surface area contributed by atoms with Gasteiger partial charge in [-0.2, -0.15) is 0 Å². The van der Waals surface area contributed by atoms with Crippen LogP contribution in [0.2, 0.25) is 0 Å². The molecule has 0 heterocycles. The molecule has 0 aliphatic rings. The Hall–Kier alpha value is -2.02. The van der Waals surface area contributed by atoms with Crippen molar-refractivity contribution in [2.24, 2.45) is 0 Å². The Morgan fingerprint density at radius 3 is 2.55 bits per heavy atom. The highest BCUT2D eigenvalue weighted by Crippen LogP contribution is 2.17. The van der Waals surface area contributed by atoms with Crippen LogP contribution in [0.1, 0.15) is 15.9 Å². The SMILES string of the molecule is CNC(=O)c1ccc(C)c(NC(=O)CSCC(=O)O)c1. The summed E-state index contributed by atoms with van der Waals surface area (Å²) in [4.78, 5) is 33.5. The zero-order valence-electron chi connectivity index (χ0n) is 11.2. The molecule has 0 atom stereocenters. The summed E-state index contributed by atoms with van der Waals surface area (Å²) in [7, 11) is 1.53. The number of nitrogens with one attached hydrogen (secondary N) is 2. The van der Waals surface area contributed by atoms with E-state index in [4.69, 9.17) is 5.11 Å². The molecular formula is C13H16N2O4S. The molecule has 0 bridgehead atoms. The number of carbonyl (C=O) groups is 3. The van der Waals surface area contributed by atoms with Gasteiger partial charge in [0.25, 0.3) is 5.91 Å². The molecule has 0 saturated heterocycles. The highest BCUT2D eigenvalue weighted by Gasteiger charge is 2.09. The van der Waals surface area contributed by atoms with E-state index in [1.165, 1.54) is 7.05 Å². The fraction of sp³-hybridized carbons (Fsp3) is 0.308. The molecule has 0 radical (unpaired) electrons. The molecule has 6 nitrogen and oxygen atoms in total. The summed E-state index contributed by atoms with van der Waals surface area (Å²) in [5.74, 6) is -1.56. The van der Waals surface area contributed by atoms with Gasteiger partial charge < -0.3 is 15.7 Å². The number of benzene rings is 1. The molecule has 20 heavy (non-hydrogen) atoms. The first-order valence-corrected chi connectivity index (χ1v) is 7.01. The van der Waals surface area contributed by atoms with Gasteiger partial charge in [-0.1, -0.05) is 6.07 Å². The van der Waals surface area contributed by atoms with Crippen LogP contribution >= 0.6 is 11.8 Å². The molecule has 0 aliphatic heterocycles. The van der Waals surface area contributed by atoms with Crippen LogP contribution in [0.25, 0.3) is 0 Å². The minimum absolute atomic E-state index is 0.0515. The first kappa shape index (κ1) is 16.0. The lowest BCUT2D eigenvalue weighted by atomic mass is 10.1. The van der Waals surface area contributed by atoms with E-state index in [1.807, 2.05) is 6.92 Å². The van der Waals surface area contributed by atoms with E-state index in [1.54, 1.807) is 18.2 Å². The van der Waals surface area contributed by atoms with Crippen LogP contribution in [-0.2, 0) is 9.59 Å².